The zero-order valence-electron chi connectivity index (χ0n) is 11.9. The lowest BCUT2D eigenvalue weighted by Gasteiger charge is -2.40. The first kappa shape index (κ1) is 14.8. The Hall–Kier alpha value is -1.62. The Bertz CT molecular complexity index is 471. The number of anilines is 1. The first-order chi connectivity index (χ1) is 9.50. The molecule has 0 spiro atoms. The maximum Gasteiger partial charge on any atom is 0.321 e. The number of aliphatic carboxylic acids is 1. The van der Waals surface area contributed by atoms with Crippen molar-refractivity contribution in [1.29, 1.82) is 0 Å². The molecule has 1 aliphatic rings. The van der Waals surface area contributed by atoms with E-state index in [9.17, 15) is 14.3 Å². The normalized spacial score (nSPS) is 18.3. The second kappa shape index (κ2) is 6.22. The lowest BCUT2D eigenvalue weighted by Crippen LogP contribution is -2.54. The molecule has 0 amide bonds. The van der Waals surface area contributed by atoms with Gasteiger partial charge in [0.2, 0.25) is 0 Å². The van der Waals surface area contributed by atoms with Crippen LogP contribution in [0.5, 0.6) is 0 Å². The molecule has 1 aromatic rings. The number of benzene rings is 1. The molecule has 0 radical (unpaired) electrons. The number of hydrogen-bond acceptors (Lipinski definition) is 3. The molecule has 1 heterocycles. The molecular weight excluding hydrogens is 259 g/mol. The molecule has 2 rings (SSSR count). The summed E-state index contributed by atoms with van der Waals surface area (Å²) < 4.78 is 13.7. The van der Waals surface area contributed by atoms with Crippen LogP contribution < -0.4 is 4.90 Å². The zero-order chi connectivity index (χ0) is 14.7. The SMILES string of the molecule is CC(C)C(C(=O)O)N1CCN(c2ccccc2F)CC1. The third kappa shape index (κ3) is 3.10. The monoisotopic (exact) mass is 280 g/mol. The van der Waals surface area contributed by atoms with E-state index in [4.69, 9.17) is 0 Å². The molecule has 1 N–H and O–H groups in total. The third-order valence-corrected chi connectivity index (χ3v) is 3.79. The standard InChI is InChI=1S/C15H21FN2O2/c1-11(2)14(15(19)20)18-9-7-17(8-10-18)13-6-4-3-5-12(13)16/h3-6,11,14H,7-10H2,1-2H3,(H,19,20). The number of nitrogens with zero attached hydrogens (tertiary/aromatic N) is 2. The summed E-state index contributed by atoms with van der Waals surface area (Å²) >= 11 is 0. The van der Waals surface area contributed by atoms with Crippen molar-refractivity contribution >= 4 is 11.7 Å². The minimum absolute atomic E-state index is 0.0625. The van der Waals surface area contributed by atoms with Gasteiger partial charge in [0.25, 0.3) is 0 Å². The second-order valence-corrected chi connectivity index (χ2v) is 5.50. The van der Waals surface area contributed by atoms with Gasteiger partial charge in [-0.1, -0.05) is 26.0 Å². The number of carboxylic acids is 1. The highest BCUT2D eigenvalue weighted by atomic mass is 19.1. The molecule has 5 heteroatoms. The van der Waals surface area contributed by atoms with Crippen LogP contribution in [0.1, 0.15) is 13.8 Å². The Labute approximate surface area is 118 Å². The highest BCUT2D eigenvalue weighted by molar-refractivity contribution is 5.73. The first-order valence-corrected chi connectivity index (χ1v) is 6.97. The van der Waals surface area contributed by atoms with Crippen LogP contribution in [0.25, 0.3) is 0 Å². The minimum atomic E-state index is -0.778. The molecule has 1 aliphatic heterocycles. The van der Waals surface area contributed by atoms with Crippen LogP contribution in [-0.2, 0) is 4.79 Å². The largest absolute Gasteiger partial charge is 0.480 e. The molecule has 0 aromatic heterocycles. The molecule has 0 aliphatic carbocycles. The first-order valence-electron chi connectivity index (χ1n) is 6.97. The van der Waals surface area contributed by atoms with Gasteiger partial charge in [0.1, 0.15) is 11.9 Å². The Morgan fingerprint density at radius 2 is 1.80 bits per heavy atom. The van der Waals surface area contributed by atoms with Gasteiger partial charge in [0.15, 0.2) is 0 Å². The highest BCUT2D eigenvalue weighted by Crippen LogP contribution is 2.22. The quantitative estimate of drug-likeness (QED) is 0.917. The zero-order valence-corrected chi connectivity index (χ0v) is 11.9. The van der Waals surface area contributed by atoms with E-state index in [2.05, 4.69) is 0 Å². The predicted molar refractivity (Wildman–Crippen MR) is 76.4 cm³/mol. The number of para-hydroxylation sites is 1. The van der Waals surface area contributed by atoms with Gasteiger partial charge in [-0.15, -0.1) is 0 Å². The summed E-state index contributed by atoms with van der Waals surface area (Å²) in [5.74, 6) is -0.938. The topological polar surface area (TPSA) is 43.8 Å². The molecule has 1 fully saturated rings. The average molecular weight is 280 g/mol. The number of carboxylic acid groups (broad SMARTS) is 1. The average Bonchev–Trinajstić information content (AvgIpc) is 2.39. The van der Waals surface area contributed by atoms with Crippen LogP contribution in [-0.4, -0.2) is 48.2 Å². The van der Waals surface area contributed by atoms with Crippen LogP contribution in [0, 0.1) is 11.7 Å². The van der Waals surface area contributed by atoms with E-state index in [1.165, 1.54) is 6.07 Å². The Morgan fingerprint density at radius 3 is 2.30 bits per heavy atom. The van der Waals surface area contributed by atoms with Crippen LogP contribution >= 0.6 is 0 Å². The van der Waals surface area contributed by atoms with E-state index in [1.807, 2.05) is 29.7 Å². The molecule has 1 atom stereocenters. The number of carbonyl (C=O) groups is 1. The van der Waals surface area contributed by atoms with Crippen molar-refractivity contribution in [2.75, 3.05) is 31.1 Å². The Balaban J connectivity index is 2.02. The van der Waals surface area contributed by atoms with Gasteiger partial charge >= 0.3 is 5.97 Å². The van der Waals surface area contributed by atoms with E-state index >= 15 is 0 Å². The molecular formula is C15H21FN2O2. The minimum Gasteiger partial charge on any atom is -0.480 e. The smallest absolute Gasteiger partial charge is 0.321 e. The van der Waals surface area contributed by atoms with Gasteiger partial charge in [-0.2, -0.15) is 0 Å². The molecule has 20 heavy (non-hydrogen) atoms. The fourth-order valence-electron chi connectivity index (χ4n) is 2.81. The molecule has 110 valence electrons. The summed E-state index contributed by atoms with van der Waals surface area (Å²) in [6.45, 7) is 6.42. The van der Waals surface area contributed by atoms with E-state index in [0.29, 0.717) is 31.9 Å². The van der Waals surface area contributed by atoms with Crippen LogP contribution in [0.3, 0.4) is 0 Å². The van der Waals surface area contributed by atoms with Crippen LogP contribution in [0.4, 0.5) is 10.1 Å². The molecule has 1 saturated heterocycles. The van der Waals surface area contributed by atoms with Gasteiger partial charge in [-0.05, 0) is 18.1 Å². The summed E-state index contributed by atoms with van der Waals surface area (Å²) in [5.41, 5.74) is 0.601. The van der Waals surface area contributed by atoms with E-state index in [-0.39, 0.29) is 11.7 Å². The number of rotatable bonds is 4. The van der Waals surface area contributed by atoms with Crippen molar-refractivity contribution in [2.24, 2.45) is 5.92 Å². The summed E-state index contributed by atoms with van der Waals surface area (Å²) in [5, 5.41) is 9.31. The van der Waals surface area contributed by atoms with Crippen molar-refractivity contribution in [2.45, 2.75) is 19.9 Å². The number of halogens is 1. The Kier molecular flexibility index (Phi) is 4.60. The van der Waals surface area contributed by atoms with E-state index < -0.39 is 12.0 Å². The summed E-state index contributed by atoms with van der Waals surface area (Å²) in [4.78, 5) is 15.3. The number of hydrogen-bond donors (Lipinski definition) is 1. The van der Waals surface area contributed by atoms with Gasteiger partial charge in [-0.25, -0.2) is 4.39 Å². The maximum atomic E-state index is 13.7. The molecule has 0 saturated carbocycles. The lowest BCUT2D eigenvalue weighted by molar-refractivity contribution is -0.145. The van der Waals surface area contributed by atoms with Crippen molar-refractivity contribution in [1.82, 2.24) is 4.90 Å². The van der Waals surface area contributed by atoms with Gasteiger partial charge in [0, 0.05) is 26.2 Å². The van der Waals surface area contributed by atoms with Crippen molar-refractivity contribution in [3.63, 3.8) is 0 Å². The van der Waals surface area contributed by atoms with E-state index in [0.717, 1.165) is 0 Å². The fraction of sp³-hybridized carbons (Fsp3) is 0.533. The highest BCUT2D eigenvalue weighted by Gasteiger charge is 2.31. The third-order valence-electron chi connectivity index (χ3n) is 3.79. The summed E-state index contributed by atoms with van der Waals surface area (Å²) in [6.07, 6.45) is 0. The fourth-order valence-corrected chi connectivity index (χ4v) is 2.81. The van der Waals surface area contributed by atoms with Crippen molar-refractivity contribution in [3.05, 3.63) is 30.1 Å². The molecule has 1 unspecified atom stereocenters. The summed E-state index contributed by atoms with van der Waals surface area (Å²) in [6, 6.07) is 6.25. The van der Waals surface area contributed by atoms with Crippen molar-refractivity contribution < 1.29 is 14.3 Å². The molecule has 0 bridgehead atoms. The van der Waals surface area contributed by atoms with Gasteiger partial charge in [-0.3, -0.25) is 9.69 Å². The number of piperazine rings is 1. The van der Waals surface area contributed by atoms with E-state index in [1.54, 1.807) is 12.1 Å². The van der Waals surface area contributed by atoms with Gasteiger partial charge in [0.05, 0.1) is 5.69 Å². The second-order valence-electron chi connectivity index (χ2n) is 5.50. The van der Waals surface area contributed by atoms with Crippen molar-refractivity contribution in [3.8, 4) is 0 Å². The maximum absolute atomic E-state index is 13.7. The molecule has 4 nitrogen and oxygen atoms in total. The molecule has 1 aromatic carbocycles. The van der Waals surface area contributed by atoms with Gasteiger partial charge < -0.3 is 10.0 Å². The predicted octanol–water partition coefficient (Wildman–Crippen LogP) is 2.06. The summed E-state index contributed by atoms with van der Waals surface area (Å²) in [7, 11) is 0. The Morgan fingerprint density at radius 1 is 1.20 bits per heavy atom. The van der Waals surface area contributed by atoms with Crippen LogP contribution in [0.15, 0.2) is 24.3 Å². The van der Waals surface area contributed by atoms with Crippen LogP contribution in [0.2, 0.25) is 0 Å². The lowest BCUT2D eigenvalue weighted by atomic mass is 10.0.